The summed E-state index contributed by atoms with van der Waals surface area (Å²) in [5.41, 5.74) is 0.757. The number of halogens is 2. The number of pyridine rings is 1. The third-order valence-electron chi connectivity index (χ3n) is 2.67. The summed E-state index contributed by atoms with van der Waals surface area (Å²) in [5, 5.41) is 13.6. The molecule has 21 heavy (non-hydrogen) atoms. The number of carbonyl (C=O) groups excluding carboxylic acids is 1. The van der Waals surface area contributed by atoms with E-state index in [1.807, 2.05) is 13.8 Å². The highest BCUT2D eigenvalue weighted by atomic mass is 35.5. The van der Waals surface area contributed by atoms with Crippen LogP contribution >= 0.6 is 23.2 Å². The number of ether oxygens (including phenoxy) is 1. The Hall–Kier alpha value is -1.72. The number of phenols is 1. The number of phenolic OH excluding ortho intramolecular Hbond substituents is 1. The van der Waals surface area contributed by atoms with Crippen molar-refractivity contribution in [2.24, 2.45) is 0 Å². The number of benzene rings is 1. The van der Waals surface area contributed by atoms with Crippen molar-refractivity contribution in [2.75, 3.05) is 0 Å². The van der Waals surface area contributed by atoms with Crippen LogP contribution in [-0.4, -0.2) is 22.2 Å². The quantitative estimate of drug-likeness (QED) is 0.896. The molecule has 0 aliphatic carbocycles. The number of hydrogen-bond donors (Lipinski definition) is 2. The topological polar surface area (TPSA) is 71.5 Å². The van der Waals surface area contributed by atoms with Gasteiger partial charge in [-0.25, -0.2) is 9.78 Å². The van der Waals surface area contributed by atoms with Crippen LogP contribution in [0.15, 0.2) is 18.2 Å². The number of aromatic nitrogens is 1. The number of amides is 1. The van der Waals surface area contributed by atoms with Crippen LogP contribution in [0.3, 0.4) is 0 Å². The zero-order valence-corrected chi connectivity index (χ0v) is 13.0. The van der Waals surface area contributed by atoms with E-state index >= 15 is 0 Å². The average Bonchev–Trinajstić information content (AvgIpc) is 2.42. The zero-order valence-electron chi connectivity index (χ0n) is 11.5. The van der Waals surface area contributed by atoms with E-state index in [4.69, 9.17) is 27.9 Å². The number of rotatable bonds is 3. The molecule has 1 heterocycles. The number of carbonyl (C=O) groups is 1. The summed E-state index contributed by atoms with van der Waals surface area (Å²) >= 11 is 11.9. The molecule has 1 aromatic heterocycles. The molecule has 2 aromatic rings. The maximum atomic E-state index is 11.4. The minimum atomic E-state index is -0.528. The number of fused-ring (bicyclic) bond motifs is 1. The van der Waals surface area contributed by atoms with Gasteiger partial charge in [0.15, 0.2) is 5.75 Å². The van der Waals surface area contributed by atoms with Gasteiger partial charge in [0.25, 0.3) is 0 Å². The van der Waals surface area contributed by atoms with Gasteiger partial charge in [-0.15, -0.1) is 0 Å². The highest BCUT2D eigenvalue weighted by molar-refractivity contribution is 6.39. The van der Waals surface area contributed by atoms with Crippen molar-refractivity contribution in [1.29, 1.82) is 0 Å². The van der Waals surface area contributed by atoms with E-state index in [9.17, 15) is 9.90 Å². The van der Waals surface area contributed by atoms with Crippen LogP contribution in [0.4, 0.5) is 4.79 Å². The van der Waals surface area contributed by atoms with Gasteiger partial charge in [0.05, 0.1) is 15.7 Å². The molecule has 1 aromatic carbocycles. The van der Waals surface area contributed by atoms with Crippen molar-refractivity contribution in [3.63, 3.8) is 0 Å². The predicted molar refractivity (Wildman–Crippen MR) is 81.9 cm³/mol. The van der Waals surface area contributed by atoms with E-state index in [0.717, 1.165) is 0 Å². The van der Waals surface area contributed by atoms with Crippen molar-refractivity contribution in [2.45, 2.75) is 26.5 Å². The second-order valence-corrected chi connectivity index (χ2v) is 5.58. The Labute approximate surface area is 131 Å². The summed E-state index contributed by atoms with van der Waals surface area (Å²) in [6.45, 7) is 3.65. The second kappa shape index (κ2) is 6.37. The molecular formula is C14H14Cl2N2O3. The minimum absolute atomic E-state index is 0.0104. The molecule has 5 nitrogen and oxygen atoms in total. The number of alkyl carbamates (subject to hydrolysis) is 1. The highest BCUT2D eigenvalue weighted by Crippen LogP contribution is 2.36. The largest absolute Gasteiger partial charge is 0.504 e. The Morgan fingerprint density at radius 2 is 2.10 bits per heavy atom. The molecule has 0 saturated heterocycles. The van der Waals surface area contributed by atoms with Gasteiger partial charge in [0, 0.05) is 11.4 Å². The molecule has 0 aliphatic rings. The fraction of sp³-hybridized carbons (Fsp3) is 0.286. The fourth-order valence-electron chi connectivity index (χ4n) is 1.74. The van der Waals surface area contributed by atoms with Gasteiger partial charge in [-0.05, 0) is 32.0 Å². The van der Waals surface area contributed by atoms with Crippen LogP contribution < -0.4 is 5.32 Å². The van der Waals surface area contributed by atoms with E-state index in [1.165, 1.54) is 6.07 Å². The van der Waals surface area contributed by atoms with Crippen LogP contribution in [0.25, 0.3) is 10.9 Å². The van der Waals surface area contributed by atoms with Crippen molar-refractivity contribution in [1.82, 2.24) is 10.3 Å². The van der Waals surface area contributed by atoms with Gasteiger partial charge in [-0.2, -0.15) is 0 Å². The molecule has 0 aliphatic heterocycles. The Morgan fingerprint density at radius 3 is 2.76 bits per heavy atom. The number of nitrogens with one attached hydrogen (secondary N) is 1. The van der Waals surface area contributed by atoms with E-state index < -0.39 is 6.09 Å². The molecular weight excluding hydrogens is 315 g/mol. The molecule has 1 amide bonds. The van der Waals surface area contributed by atoms with Gasteiger partial charge in [-0.3, -0.25) is 0 Å². The lowest BCUT2D eigenvalue weighted by Gasteiger charge is -2.10. The summed E-state index contributed by atoms with van der Waals surface area (Å²) < 4.78 is 5.03. The monoisotopic (exact) mass is 328 g/mol. The first kappa shape index (κ1) is 15.7. The average molecular weight is 329 g/mol. The third-order valence-corrected chi connectivity index (χ3v) is 3.27. The summed E-state index contributed by atoms with van der Waals surface area (Å²) in [6.07, 6.45) is -0.528. The lowest BCUT2D eigenvalue weighted by molar-refractivity contribution is 0.136. The Kier molecular flexibility index (Phi) is 4.75. The molecule has 2 N–H and O–H groups in total. The lowest BCUT2D eigenvalue weighted by Crippen LogP contribution is -2.30. The van der Waals surface area contributed by atoms with Gasteiger partial charge in [-0.1, -0.05) is 23.2 Å². The summed E-state index contributed by atoms with van der Waals surface area (Å²) in [6, 6.07) is 4.81. The Morgan fingerprint density at radius 1 is 1.38 bits per heavy atom. The van der Waals surface area contributed by atoms with Crippen molar-refractivity contribution in [3.05, 3.63) is 33.9 Å². The van der Waals surface area contributed by atoms with E-state index in [-0.39, 0.29) is 28.9 Å². The maximum Gasteiger partial charge on any atom is 0.407 e. The highest BCUT2D eigenvalue weighted by Gasteiger charge is 2.12. The van der Waals surface area contributed by atoms with E-state index in [0.29, 0.717) is 16.1 Å². The molecule has 0 atom stereocenters. The lowest BCUT2D eigenvalue weighted by atomic mass is 10.2. The van der Waals surface area contributed by atoms with Crippen LogP contribution in [0.5, 0.6) is 5.75 Å². The second-order valence-electron chi connectivity index (χ2n) is 4.76. The summed E-state index contributed by atoms with van der Waals surface area (Å²) in [5.74, 6) is -0.149. The molecule has 112 valence electrons. The first-order valence-electron chi connectivity index (χ1n) is 6.28. The van der Waals surface area contributed by atoms with Crippen molar-refractivity contribution < 1.29 is 14.6 Å². The van der Waals surface area contributed by atoms with Crippen LogP contribution in [0.2, 0.25) is 10.0 Å². The molecule has 0 unspecified atom stereocenters. The van der Waals surface area contributed by atoms with Gasteiger partial charge < -0.3 is 15.2 Å². The molecule has 0 spiro atoms. The normalized spacial score (nSPS) is 10.9. The SMILES string of the molecule is CC(C)NC(=O)OCc1ccc2c(Cl)cc(Cl)c(O)c2n1. The summed E-state index contributed by atoms with van der Waals surface area (Å²) in [4.78, 5) is 15.6. The smallest absolute Gasteiger partial charge is 0.407 e. The molecule has 0 fully saturated rings. The standard InChI is InChI=1S/C14H14Cl2N2O3/c1-7(2)17-14(20)21-6-8-3-4-9-10(15)5-11(16)13(19)12(9)18-8/h3-5,7,19H,6H2,1-2H3,(H,17,20). The zero-order chi connectivity index (χ0) is 15.6. The molecule has 0 saturated carbocycles. The first-order chi connectivity index (χ1) is 9.88. The van der Waals surface area contributed by atoms with Crippen LogP contribution in [0.1, 0.15) is 19.5 Å². The Bertz CT molecular complexity index is 689. The molecule has 0 bridgehead atoms. The fourth-order valence-corrected chi connectivity index (χ4v) is 2.26. The third kappa shape index (κ3) is 3.68. The van der Waals surface area contributed by atoms with Gasteiger partial charge in [0.2, 0.25) is 0 Å². The predicted octanol–water partition coefficient (Wildman–Crippen LogP) is 3.88. The van der Waals surface area contributed by atoms with Crippen LogP contribution in [-0.2, 0) is 11.3 Å². The number of aromatic hydroxyl groups is 1. The van der Waals surface area contributed by atoms with Gasteiger partial charge >= 0.3 is 6.09 Å². The summed E-state index contributed by atoms with van der Waals surface area (Å²) in [7, 11) is 0. The minimum Gasteiger partial charge on any atom is -0.504 e. The molecule has 2 rings (SSSR count). The molecule has 0 radical (unpaired) electrons. The van der Waals surface area contributed by atoms with Crippen LogP contribution in [0, 0.1) is 0 Å². The van der Waals surface area contributed by atoms with Crippen molar-refractivity contribution in [3.8, 4) is 5.75 Å². The number of nitrogens with zero attached hydrogens (tertiary/aromatic N) is 1. The van der Waals surface area contributed by atoms with Gasteiger partial charge in [0.1, 0.15) is 12.1 Å². The van der Waals surface area contributed by atoms with E-state index in [2.05, 4.69) is 10.3 Å². The van der Waals surface area contributed by atoms with Crippen molar-refractivity contribution >= 4 is 40.2 Å². The number of hydrogen-bond acceptors (Lipinski definition) is 4. The van der Waals surface area contributed by atoms with E-state index in [1.54, 1.807) is 12.1 Å². The molecule has 7 heteroatoms. The Balaban J connectivity index is 2.23. The first-order valence-corrected chi connectivity index (χ1v) is 7.04. The maximum absolute atomic E-state index is 11.4.